The normalized spacial score (nSPS) is 14.2. The number of likely N-dealkylation sites (N-methyl/N-ethyl adjacent to an activating group) is 1. The molecule has 0 unspecified atom stereocenters. The van der Waals surface area contributed by atoms with Crippen molar-refractivity contribution in [3.63, 3.8) is 0 Å². The summed E-state index contributed by atoms with van der Waals surface area (Å²) in [4.78, 5) is 27.1. The molecular weight excluding hydrogens is 570 g/mol. The van der Waals surface area contributed by atoms with Gasteiger partial charge in [0.15, 0.2) is 0 Å². The highest BCUT2D eigenvalue weighted by atomic mass is 35.5. The summed E-state index contributed by atoms with van der Waals surface area (Å²) in [5.41, 5.74) is 0.284. The Kier molecular flexibility index (Phi) is 9.12. The van der Waals surface area contributed by atoms with Crippen LogP contribution >= 0.6 is 23.2 Å². The first kappa shape index (κ1) is 29.5. The molecule has 2 amide bonds. The fourth-order valence-corrected chi connectivity index (χ4v) is 4.91. The number of piperazine rings is 1. The molecule has 2 aromatic carbocycles. The number of amides is 2. The number of urea groups is 1. The molecule has 40 heavy (non-hydrogen) atoms. The third-order valence-corrected chi connectivity index (χ3v) is 7.31. The Bertz CT molecular complexity index is 1350. The molecule has 0 atom stereocenters. The number of carbonyl (C=O) groups excluding carboxylic acids is 1. The molecule has 1 aliphatic rings. The second-order valence-electron chi connectivity index (χ2n) is 8.97. The summed E-state index contributed by atoms with van der Waals surface area (Å²) in [7, 11) is 2.56. The summed E-state index contributed by atoms with van der Waals surface area (Å²) >= 11 is 11.8. The van der Waals surface area contributed by atoms with Crippen LogP contribution in [0.1, 0.15) is 12.5 Å². The molecule has 0 saturated carbocycles. The first-order valence-corrected chi connectivity index (χ1v) is 13.1. The number of rotatable bonds is 7. The van der Waals surface area contributed by atoms with Gasteiger partial charge in [0.05, 0.1) is 28.4 Å². The SMILES string of the molecule is CCN1CCN(c2ccc(Nc3cc(N(C)C(=O)Nc4cc(OC)c(Cl)c(C(F)(F)F)c4Cl)ncn3)cc2)CC1. The van der Waals surface area contributed by atoms with Crippen LogP contribution in [-0.4, -0.2) is 67.8 Å². The van der Waals surface area contributed by atoms with Crippen molar-refractivity contribution in [2.24, 2.45) is 0 Å². The third kappa shape index (κ3) is 6.62. The number of benzene rings is 2. The van der Waals surface area contributed by atoms with E-state index in [9.17, 15) is 18.0 Å². The van der Waals surface area contributed by atoms with Gasteiger partial charge in [-0.1, -0.05) is 30.1 Å². The van der Waals surface area contributed by atoms with E-state index >= 15 is 0 Å². The van der Waals surface area contributed by atoms with Crippen LogP contribution in [0.15, 0.2) is 42.7 Å². The number of anilines is 5. The molecule has 1 saturated heterocycles. The second kappa shape index (κ2) is 12.4. The molecule has 9 nitrogen and oxygen atoms in total. The van der Waals surface area contributed by atoms with Gasteiger partial charge in [0, 0.05) is 56.7 Å². The fourth-order valence-electron chi connectivity index (χ4n) is 4.23. The lowest BCUT2D eigenvalue weighted by Crippen LogP contribution is -2.46. The highest BCUT2D eigenvalue weighted by Crippen LogP contribution is 2.47. The monoisotopic (exact) mass is 597 g/mol. The first-order chi connectivity index (χ1) is 19.0. The third-order valence-electron chi connectivity index (χ3n) is 6.54. The first-order valence-electron chi connectivity index (χ1n) is 12.4. The summed E-state index contributed by atoms with van der Waals surface area (Å²) < 4.78 is 45.6. The van der Waals surface area contributed by atoms with E-state index in [0.29, 0.717) is 5.82 Å². The number of alkyl halides is 3. The van der Waals surface area contributed by atoms with E-state index in [4.69, 9.17) is 27.9 Å². The standard InChI is InChI=1S/C26H28Cl2F3N7O2/c1-4-37-9-11-38(12-10-37)17-7-5-16(6-8-17)34-20-14-21(33-15-32-20)36(2)25(39)35-18-13-19(40-3)24(28)22(23(18)27)26(29,30)31/h5-8,13-15H,4,9-12H2,1-3H3,(H,35,39)(H,32,33,34). The van der Waals surface area contributed by atoms with Crippen molar-refractivity contribution in [2.75, 3.05) is 67.3 Å². The maximum Gasteiger partial charge on any atom is 0.419 e. The Balaban J connectivity index is 1.45. The Morgan fingerprint density at radius 1 is 1.07 bits per heavy atom. The van der Waals surface area contributed by atoms with Gasteiger partial charge in [0.25, 0.3) is 0 Å². The van der Waals surface area contributed by atoms with Crippen LogP contribution in [0.5, 0.6) is 5.75 Å². The van der Waals surface area contributed by atoms with Gasteiger partial charge in [0.1, 0.15) is 23.7 Å². The van der Waals surface area contributed by atoms with E-state index < -0.39 is 27.8 Å². The van der Waals surface area contributed by atoms with Crippen LogP contribution in [0.25, 0.3) is 0 Å². The topological polar surface area (TPSA) is 85.9 Å². The van der Waals surface area contributed by atoms with Crippen molar-refractivity contribution in [3.8, 4) is 5.75 Å². The quantitative estimate of drug-likeness (QED) is 0.327. The average molecular weight is 598 g/mol. The largest absolute Gasteiger partial charge is 0.495 e. The highest BCUT2D eigenvalue weighted by molar-refractivity contribution is 6.39. The minimum atomic E-state index is -4.87. The molecule has 4 rings (SSSR count). The molecule has 214 valence electrons. The summed E-state index contributed by atoms with van der Waals surface area (Å²) in [6.45, 7) is 7.21. The lowest BCUT2D eigenvalue weighted by atomic mass is 10.1. The average Bonchev–Trinajstić information content (AvgIpc) is 2.94. The number of methoxy groups -OCH3 is 1. The van der Waals surface area contributed by atoms with Crippen LogP contribution < -0.4 is 25.2 Å². The van der Waals surface area contributed by atoms with Gasteiger partial charge >= 0.3 is 12.2 Å². The predicted molar refractivity (Wildman–Crippen MR) is 152 cm³/mol. The Morgan fingerprint density at radius 3 is 2.35 bits per heavy atom. The van der Waals surface area contributed by atoms with Crippen LogP contribution in [0.2, 0.25) is 10.0 Å². The molecule has 1 aliphatic heterocycles. The van der Waals surface area contributed by atoms with Crippen molar-refractivity contribution in [1.29, 1.82) is 0 Å². The van der Waals surface area contributed by atoms with Gasteiger partial charge in [-0.2, -0.15) is 13.2 Å². The van der Waals surface area contributed by atoms with Crippen molar-refractivity contribution < 1.29 is 22.7 Å². The number of nitrogens with zero attached hydrogens (tertiary/aromatic N) is 5. The predicted octanol–water partition coefficient (Wildman–Crippen LogP) is 6.36. The Labute approximate surface area is 239 Å². The lowest BCUT2D eigenvalue weighted by molar-refractivity contribution is -0.137. The molecule has 0 spiro atoms. The zero-order valence-corrected chi connectivity index (χ0v) is 23.5. The summed E-state index contributed by atoms with van der Waals surface area (Å²) in [5, 5.41) is 4.07. The van der Waals surface area contributed by atoms with Crippen LogP contribution in [0, 0.1) is 0 Å². The molecule has 2 N–H and O–H groups in total. The highest BCUT2D eigenvalue weighted by Gasteiger charge is 2.39. The summed E-state index contributed by atoms with van der Waals surface area (Å²) in [6.07, 6.45) is -3.60. The number of ether oxygens (including phenoxy) is 1. The van der Waals surface area contributed by atoms with E-state index in [1.807, 2.05) is 24.3 Å². The molecule has 1 fully saturated rings. The molecule has 0 bridgehead atoms. The molecule has 2 heterocycles. The van der Waals surface area contributed by atoms with Crippen LogP contribution in [0.3, 0.4) is 0 Å². The molecule has 3 aromatic rings. The minimum Gasteiger partial charge on any atom is -0.495 e. The zero-order valence-electron chi connectivity index (χ0n) is 22.0. The maximum atomic E-state index is 13.6. The number of hydrogen-bond acceptors (Lipinski definition) is 7. The fraction of sp³-hybridized carbons (Fsp3) is 0.346. The van der Waals surface area contributed by atoms with Gasteiger partial charge in [-0.25, -0.2) is 14.8 Å². The number of carbonyl (C=O) groups is 1. The van der Waals surface area contributed by atoms with E-state index in [1.165, 1.54) is 19.4 Å². The Hall–Kier alpha value is -3.48. The lowest BCUT2D eigenvalue weighted by Gasteiger charge is -2.35. The zero-order chi connectivity index (χ0) is 29.0. The van der Waals surface area contributed by atoms with Crippen molar-refractivity contribution in [1.82, 2.24) is 14.9 Å². The second-order valence-corrected chi connectivity index (χ2v) is 9.73. The van der Waals surface area contributed by atoms with Crippen LogP contribution in [0.4, 0.5) is 46.7 Å². The Morgan fingerprint density at radius 2 is 1.75 bits per heavy atom. The van der Waals surface area contributed by atoms with Crippen molar-refractivity contribution in [2.45, 2.75) is 13.1 Å². The van der Waals surface area contributed by atoms with Gasteiger partial charge in [0.2, 0.25) is 0 Å². The minimum absolute atomic E-state index is 0.188. The van der Waals surface area contributed by atoms with Gasteiger partial charge < -0.3 is 25.2 Å². The van der Waals surface area contributed by atoms with Gasteiger partial charge in [-0.05, 0) is 30.8 Å². The van der Waals surface area contributed by atoms with Crippen molar-refractivity contribution >= 4 is 57.9 Å². The number of hydrogen-bond donors (Lipinski definition) is 2. The van der Waals surface area contributed by atoms with E-state index in [-0.39, 0.29) is 17.3 Å². The smallest absolute Gasteiger partial charge is 0.419 e. The van der Waals surface area contributed by atoms with E-state index in [2.05, 4.69) is 37.3 Å². The summed E-state index contributed by atoms with van der Waals surface area (Å²) in [5.74, 6) is 0.312. The number of halogens is 5. The number of nitrogens with one attached hydrogen (secondary N) is 2. The number of aromatic nitrogens is 2. The molecule has 1 aromatic heterocycles. The molecule has 14 heteroatoms. The maximum absolute atomic E-state index is 13.6. The van der Waals surface area contributed by atoms with Gasteiger partial charge in [-0.3, -0.25) is 4.90 Å². The van der Waals surface area contributed by atoms with E-state index in [1.54, 1.807) is 0 Å². The molecule has 0 aliphatic carbocycles. The van der Waals surface area contributed by atoms with E-state index in [0.717, 1.165) is 62.2 Å². The molecular formula is C26H28Cl2F3N7O2. The molecule has 0 radical (unpaired) electrons. The van der Waals surface area contributed by atoms with Crippen LogP contribution in [-0.2, 0) is 6.18 Å². The van der Waals surface area contributed by atoms with Crippen molar-refractivity contribution in [3.05, 3.63) is 58.3 Å². The summed E-state index contributed by atoms with van der Waals surface area (Å²) in [6, 6.07) is 9.79. The van der Waals surface area contributed by atoms with Gasteiger partial charge in [-0.15, -0.1) is 0 Å².